The monoisotopic (exact) mass is 395 g/mol. The summed E-state index contributed by atoms with van der Waals surface area (Å²) in [6, 6.07) is 12.1. The number of carbonyl (C=O) groups excluding carboxylic acids is 1. The summed E-state index contributed by atoms with van der Waals surface area (Å²) in [5.74, 6) is 1.44. The molecule has 1 aliphatic carbocycles. The first-order valence-corrected chi connectivity index (χ1v) is 10.9. The quantitative estimate of drug-likeness (QED) is 0.362. The molecule has 0 spiro atoms. The molecule has 0 aliphatic heterocycles. The van der Waals surface area contributed by atoms with Crippen LogP contribution in [0, 0.1) is 0 Å². The van der Waals surface area contributed by atoms with Crippen LogP contribution in [0.4, 0.5) is 0 Å². The van der Waals surface area contributed by atoms with Gasteiger partial charge in [0.05, 0.1) is 19.1 Å². The normalized spacial score (nSPS) is 14.6. The third-order valence-electron chi connectivity index (χ3n) is 5.69. The van der Waals surface area contributed by atoms with Gasteiger partial charge in [0.1, 0.15) is 17.8 Å². The Labute approximate surface area is 174 Å². The summed E-state index contributed by atoms with van der Waals surface area (Å²) in [5.41, 5.74) is 4.19. The Morgan fingerprint density at radius 3 is 2.48 bits per heavy atom. The fourth-order valence-corrected chi connectivity index (χ4v) is 3.99. The summed E-state index contributed by atoms with van der Waals surface area (Å²) < 4.78 is 12.0. The summed E-state index contributed by atoms with van der Waals surface area (Å²) >= 11 is 0. The molecule has 1 unspecified atom stereocenters. The maximum Gasteiger partial charge on any atom is 0.131 e. The lowest BCUT2D eigenvalue weighted by atomic mass is 9.98. The average molecular weight is 396 g/mol. The van der Waals surface area contributed by atoms with E-state index in [-0.39, 0.29) is 5.92 Å². The first-order valence-electron chi connectivity index (χ1n) is 10.9. The summed E-state index contributed by atoms with van der Waals surface area (Å²) in [5, 5.41) is 0. The van der Waals surface area contributed by atoms with Crippen molar-refractivity contribution in [3.63, 3.8) is 0 Å². The van der Waals surface area contributed by atoms with Crippen molar-refractivity contribution in [1.82, 2.24) is 4.90 Å². The van der Waals surface area contributed by atoms with E-state index in [0.29, 0.717) is 13.2 Å². The molecule has 0 radical (unpaired) electrons. The SMILES string of the molecule is CCCCOc1ccc2c(c1)C(C=O)c1cccc(OCCCN(CC)CC)c1-2. The van der Waals surface area contributed by atoms with Crippen molar-refractivity contribution in [1.29, 1.82) is 0 Å². The maximum atomic E-state index is 11.9. The summed E-state index contributed by atoms with van der Waals surface area (Å²) in [4.78, 5) is 14.3. The van der Waals surface area contributed by atoms with E-state index >= 15 is 0 Å². The first-order chi connectivity index (χ1) is 14.2. The van der Waals surface area contributed by atoms with E-state index in [9.17, 15) is 4.79 Å². The Morgan fingerprint density at radius 2 is 1.76 bits per heavy atom. The average Bonchev–Trinajstić information content (AvgIpc) is 3.07. The van der Waals surface area contributed by atoms with Gasteiger partial charge in [-0.2, -0.15) is 0 Å². The van der Waals surface area contributed by atoms with E-state index in [1.807, 2.05) is 30.3 Å². The van der Waals surface area contributed by atoms with E-state index in [0.717, 1.165) is 78.9 Å². The minimum Gasteiger partial charge on any atom is -0.494 e. The number of hydrogen-bond donors (Lipinski definition) is 0. The van der Waals surface area contributed by atoms with Gasteiger partial charge in [-0.05, 0) is 60.8 Å². The Morgan fingerprint density at radius 1 is 0.966 bits per heavy atom. The standard InChI is InChI=1S/C25H33NO3/c1-4-7-15-28-19-12-13-21-22(17-19)23(18-27)20-10-8-11-24(25(20)21)29-16-9-14-26(5-2)6-3/h8,10-13,17-18,23H,4-7,9,14-16H2,1-3H3. The van der Waals surface area contributed by atoms with Gasteiger partial charge in [0, 0.05) is 12.1 Å². The van der Waals surface area contributed by atoms with Crippen molar-refractivity contribution < 1.29 is 14.3 Å². The molecule has 0 heterocycles. The zero-order valence-corrected chi connectivity index (χ0v) is 17.9. The lowest BCUT2D eigenvalue weighted by Gasteiger charge is -2.18. The maximum absolute atomic E-state index is 11.9. The number of aldehydes is 1. The van der Waals surface area contributed by atoms with Crippen LogP contribution in [0.5, 0.6) is 11.5 Å². The van der Waals surface area contributed by atoms with Crippen LogP contribution in [0.25, 0.3) is 11.1 Å². The van der Waals surface area contributed by atoms with Crippen molar-refractivity contribution in [3.05, 3.63) is 47.5 Å². The molecule has 0 saturated carbocycles. The molecule has 0 fully saturated rings. The molecule has 3 rings (SSSR count). The largest absolute Gasteiger partial charge is 0.494 e. The van der Waals surface area contributed by atoms with Crippen LogP contribution in [0.1, 0.15) is 57.1 Å². The molecule has 2 aromatic carbocycles. The number of nitrogens with zero attached hydrogens (tertiary/aromatic N) is 1. The number of carbonyl (C=O) groups is 1. The molecular weight excluding hydrogens is 362 g/mol. The summed E-state index contributed by atoms with van der Waals surface area (Å²) in [7, 11) is 0. The zero-order valence-electron chi connectivity index (χ0n) is 17.9. The highest BCUT2D eigenvalue weighted by molar-refractivity contribution is 5.91. The molecular formula is C25H33NO3. The van der Waals surface area contributed by atoms with Gasteiger partial charge in [-0.3, -0.25) is 0 Å². The molecule has 0 bridgehead atoms. The van der Waals surface area contributed by atoms with E-state index in [2.05, 4.69) is 31.7 Å². The number of benzene rings is 2. The van der Waals surface area contributed by atoms with Gasteiger partial charge in [0.2, 0.25) is 0 Å². The van der Waals surface area contributed by atoms with E-state index in [4.69, 9.17) is 9.47 Å². The predicted octanol–water partition coefficient (Wildman–Crippen LogP) is 5.29. The Balaban J connectivity index is 1.79. The number of rotatable bonds is 12. The van der Waals surface area contributed by atoms with Crippen LogP contribution in [-0.4, -0.2) is 44.0 Å². The predicted molar refractivity (Wildman–Crippen MR) is 118 cm³/mol. The van der Waals surface area contributed by atoms with Crippen LogP contribution in [-0.2, 0) is 4.79 Å². The van der Waals surface area contributed by atoms with Gasteiger partial charge in [-0.25, -0.2) is 0 Å². The van der Waals surface area contributed by atoms with Crippen LogP contribution in [0.15, 0.2) is 36.4 Å². The molecule has 4 nitrogen and oxygen atoms in total. The van der Waals surface area contributed by atoms with Gasteiger partial charge in [-0.15, -0.1) is 0 Å². The molecule has 0 aromatic heterocycles. The van der Waals surface area contributed by atoms with Crippen molar-refractivity contribution in [2.24, 2.45) is 0 Å². The van der Waals surface area contributed by atoms with Gasteiger partial charge in [0.25, 0.3) is 0 Å². The Bertz CT molecular complexity index is 814. The Kier molecular flexibility index (Phi) is 7.70. The molecule has 0 amide bonds. The van der Waals surface area contributed by atoms with Crippen molar-refractivity contribution in [2.75, 3.05) is 32.8 Å². The number of hydrogen-bond acceptors (Lipinski definition) is 4. The Hall–Kier alpha value is -2.33. The lowest BCUT2D eigenvalue weighted by molar-refractivity contribution is -0.108. The first kappa shape index (κ1) is 21.4. The fraction of sp³-hybridized carbons (Fsp3) is 0.480. The highest BCUT2D eigenvalue weighted by atomic mass is 16.5. The second-order valence-corrected chi connectivity index (χ2v) is 7.51. The van der Waals surface area contributed by atoms with Crippen molar-refractivity contribution in [3.8, 4) is 22.6 Å². The van der Waals surface area contributed by atoms with Crippen LogP contribution >= 0.6 is 0 Å². The van der Waals surface area contributed by atoms with E-state index < -0.39 is 0 Å². The van der Waals surface area contributed by atoms with Crippen molar-refractivity contribution in [2.45, 2.75) is 46.0 Å². The minimum atomic E-state index is -0.256. The van der Waals surface area contributed by atoms with Gasteiger partial charge >= 0.3 is 0 Å². The lowest BCUT2D eigenvalue weighted by Crippen LogP contribution is -2.25. The van der Waals surface area contributed by atoms with E-state index in [1.54, 1.807) is 0 Å². The van der Waals surface area contributed by atoms with Gasteiger partial charge in [0.15, 0.2) is 0 Å². The second-order valence-electron chi connectivity index (χ2n) is 7.51. The highest BCUT2D eigenvalue weighted by Crippen LogP contribution is 2.49. The number of fused-ring (bicyclic) bond motifs is 3. The summed E-state index contributed by atoms with van der Waals surface area (Å²) in [6.07, 6.45) is 4.15. The van der Waals surface area contributed by atoms with E-state index in [1.165, 1.54) is 0 Å². The zero-order chi connectivity index (χ0) is 20.6. The second kappa shape index (κ2) is 10.4. The highest BCUT2D eigenvalue weighted by Gasteiger charge is 2.31. The molecule has 0 N–H and O–H groups in total. The molecule has 29 heavy (non-hydrogen) atoms. The molecule has 1 atom stereocenters. The minimum absolute atomic E-state index is 0.256. The van der Waals surface area contributed by atoms with Crippen LogP contribution in [0.2, 0.25) is 0 Å². The molecule has 2 aromatic rings. The van der Waals surface area contributed by atoms with Crippen LogP contribution in [0.3, 0.4) is 0 Å². The molecule has 4 heteroatoms. The third kappa shape index (κ3) is 4.81. The fourth-order valence-electron chi connectivity index (χ4n) is 3.99. The van der Waals surface area contributed by atoms with Crippen molar-refractivity contribution >= 4 is 6.29 Å². The molecule has 0 saturated heterocycles. The number of unbranched alkanes of at least 4 members (excludes halogenated alkanes) is 1. The molecule has 1 aliphatic rings. The molecule has 156 valence electrons. The number of ether oxygens (including phenoxy) is 2. The van der Waals surface area contributed by atoms with Gasteiger partial charge < -0.3 is 19.2 Å². The smallest absolute Gasteiger partial charge is 0.131 e. The topological polar surface area (TPSA) is 38.8 Å². The third-order valence-corrected chi connectivity index (χ3v) is 5.69. The van der Waals surface area contributed by atoms with Gasteiger partial charge in [-0.1, -0.05) is 45.4 Å². The summed E-state index contributed by atoms with van der Waals surface area (Å²) in [6.45, 7) is 11.1. The van der Waals surface area contributed by atoms with Crippen LogP contribution < -0.4 is 9.47 Å².